The molecule has 1 aliphatic heterocycles. The second-order valence-corrected chi connectivity index (χ2v) is 9.96. The zero-order valence-electron chi connectivity index (χ0n) is 19.5. The zero-order valence-corrected chi connectivity index (χ0v) is 20.3. The Balaban J connectivity index is 1.40. The summed E-state index contributed by atoms with van der Waals surface area (Å²) in [5, 5.41) is 13.5. The molecular formula is C24H28N8O2S. The molecule has 2 amide bonds. The maximum Gasteiger partial charge on any atom is 0.274 e. The van der Waals surface area contributed by atoms with Gasteiger partial charge in [0.15, 0.2) is 22.5 Å². The molecule has 2 fully saturated rings. The lowest BCUT2D eigenvalue weighted by molar-refractivity contribution is -0.117. The van der Waals surface area contributed by atoms with E-state index in [1.807, 2.05) is 37.3 Å². The molecule has 1 aromatic carbocycles. The Hall–Kier alpha value is -3.60. The third-order valence-corrected chi connectivity index (χ3v) is 6.88. The third-order valence-electron chi connectivity index (χ3n) is 6.00. The van der Waals surface area contributed by atoms with Gasteiger partial charge in [-0.15, -0.1) is 0 Å². The number of benzene rings is 1. The van der Waals surface area contributed by atoms with Gasteiger partial charge in [0, 0.05) is 41.4 Å². The molecule has 3 heterocycles. The highest BCUT2D eigenvalue weighted by Gasteiger charge is 2.29. The molecule has 0 bridgehead atoms. The van der Waals surface area contributed by atoms with Crippen molar-refractivity contribution in [1.82, 2.24) is 25.1 Å². The minimum Gasteiger partial charge on any atom is -0.394 e. The predicted molar refractivity (Wildman–Crippen MR) is 135 cm³/mol. The van der Waals surface area contributed by atoms with Crippen molar-refractivity contribution in [3.63, 3.8) is 0 Å². The molecule has 5 rings (SSSR count). The van der Waals surface area contributed by atoms with Crippen LogP contribution in [0.2, 0.25) is 0 Å². The number of carbonyl (C=O) groups excluding carboxylic acids is 2. The topological polar surface area (TPSA) is 142 Å². The first-order chi connectivity index (χ1) is 17.0. The van der Waals surface area contributed by atoms with Crippen LogP contribution >= 0.6 is 11.8 Å². The van der Waals surface area contributed by atoms with Crippen LogP contribution in [-0.4, -0.2) is 50.0 Å². The van der Waals surface area contributed by atoms with Crippen molar-refractivity contribution in [2.24, 2.45) is 5.92 Å². The van der Waals surface area contributed by atoms with Crippen LogP contribution in [0.25, 0.3) is 0 Å². The Morgan fingerprint density at radius 2 is 1.86 bits per heavy atom. The first-order valence-corrected chi connectivity index (χ1v) is 12.6. The second kappa shape index (κ2) is 9.95. The van der Waals surface area contributed by atoms with Gasteiger partial charge in [-0.05, 0) is 75.1 Å². The molecule has 0 unspecified atom stereocenters. The number of H-pyrrole nitrogens is 1. The number of hydrogen-bond donors (Lipinski definition) is 4. The lowest BCUT2D eigenvalue weighted by atomic mass is 10.1. The van der Waals surface area contributed by atoms with Gasteiger partial charge in [0.25, 0.3) is 5.91 Å². The fourth-order valence-corrected chi connectivity index (χ4v) is 4.66. The van der Waals surface area contributed by atoms with Crippen LogP contribution in [0.1, 0.15) is 48.3 Å². The third kappa shape index (κ3) is 5.56. The maximum absolute atomic E-state index is 13.3. The Kier molecular flexibility index (Phi) is 6.58. The van der Waals surface area contributed by atoms with Crippen LogP contribution < -0.4 is 16.4 Å². The molecule has 0 spiro atoms. The van der Waals surface area contributed by atoms with Gasteiger partial charge in [0.05, 0.1) is 0 Å². The average Bonchev–Trinajstić information content (AvgIpc) is 3.64. The molecule has 182 valence electrons. The molecule has 1 aliphatic carbocycles. The van der Waals surface area contributed by atoms with Gasteiger partial charge in [-0.3, -0.25) is 14.7 Å². The largest absolute Gasteiger partial charge is 0.394 e. The molecule has 2 aromatic heterocycles. The highest BCUT2D eigenvalue weighted by Crippen LogP contribution is 2.33. The summed E-state index contributed by atoms with van der Waals surface area (Å²) in [5.74, 6) is 0.911. The van der Waals surface area contributed by atoms with Crippen molar-refractivity contribution in [2.75, 3.05) is 29.5 Å². The van der Waals surface area contributed by atoms with Gasteiger partial charge in [-0.1, -0.05) is 0 Å². The van der Waals surface area contributed by atoms with Gasteiger partial charge < -0.3 is 21.3 Å². The quantitative estimate of drug-likeness (QED) is 0.363. The van der Waals surface area contributed by atoms with Gasteiger partial charge in [0.2, 0.25) is 5.91 Å². The van der Waals surface area contributed by atoms with E-state index in [0.29, 0.717) is 29.9 Å². The minimum atomic E-state index is -0.189. The van der Waals surface area contributed by atoms with E-state index in [0.717, 1.165) is 48.4 Å². The number of rotatable bonds is 7. The summed E-state index contributed by atoms with van der Waals surface area (Å²) in [6.45, 7) is 3.28. The van der Waals surface area contributed by atoms with E-state index in [-0.39, 0.29) is 29.1 Å². The smallest absolute Gasteiger partial charge is 0.274 e. The second-order valence-electron chi connectivity index (χ2n) is 8.92. The van der Waals surface area contributed by atoms with Crippen LogP contribution in [0.5, 0.6) is 0 Å². The molecule has 5 N–H and O–H groups in total. The molecule has 10 nitrogen and oxygen atoms in total. The number of hydrogen-bond acceptors (Lipinski definition) is 8. The van der Waals surface area contributed by atoms with Gasteiger partial charge in [-0.2, -0.15) is 5.10 Å². The SMILES string of the molecule is Cc1cc(Nc2nc(Sc3ccc(NC(=O)C4CC4)cc3)nc(C(=O)N3CCCCC3)c2N)n[nH]1. The summed E-state index contributed by atoms with van der Waals surface area (Å²) in [5.41, 5.74) is 8.40. The van der Waals surface area contributed by atoms with Crippen molar-refractivity contribution >= 4 is 46.6 Å². The monoisotopic (exact) mass is 492 g/mol. The number of aryl methyl sites for hydroxylation is 1. The van der Waals surface area contributed by atoms with Gasteiger partial charge in [-0.25, -0.2) is 9.97 Å². The Bertz CT molecular complexity index is 1230. The number of aromatic nitrogens is 4. The van der Waals surface area contributed by atoms with E-state index in [2.05, 4.69) is 30.8 Å². The van der Waals surface area contributed by atoms with Crippen LogP contribution in [0.4, 0.5) is 23.0 Å². The zero-order chi connectivity index (χ0) is 24.4. The minimum absolute atomic E-state index is 0.0671. The number of aromatic amines is 1. The van der Waals surface area contributed by atoms with E-state index in [1.165, 1.54) is 11.8 Å². The molecule has 0 atom stereocenters. The fourth-order valence-electron chi connectivity index (χ4n) is 3.90. The molecule has 3 aromatic rings. The van der Waals surface area contributed by atoms with Crippen LogP contribution in [0.3, 0.4) is 0 Å². The van der Waals surface area contributed by atoms with Crippen molar-refractivity contribution in [1.29, 1.82) is 0 Å². The van der Waals surface area contributed by atoms with Crippen LogP contribution in [-0.2, 0) is 4.79 Å². The number of carbonyl (C=O) groups is 2. The summed E-state index contributed by atoms with van der Waals surface area (Å²) in [7, 11) is 0. The summed E-state index contributed by atoms with van der Waals surface area (Å²) < 4.78 is 0. The summed E-state index contributed by atoms with van der Waals surface area (Å²) >= 11 is 1.32. The highest BCUT2D eigenvalue weighted by atomic mass is 32.2. The van der Waals surface area contributed by atoms with Crippen molar-refractivity contribution in [3.8, 4) is 0 Å². The first-order valence-electron chi connectivity index (χ1n) is 11.8. The highest BCUT2D eigenvalue weighted by molar-refractivity contribution is 7.99. The van der Waals surface area contributed by atoms with Gasteiger partial charge in [0.1, 0.15) is 5.69 Å². The van der Waals surface area contributed by atoms with E-state index in [1.54, 1.807) is 4.90 Å². The molecule has 1 saturated heterocycles. The lowest BCUT2D eigenvalue weighted by Gasteiger charge is -2.27. The lowest BCUT2D eigenvalue weighted by Crippen LogP contribution is -2.36. The predicted octanol–water partition coefficient (Wildman–Crippen LogP) is 3.96. The van der Waals surface area contributed by atoms with E-state index in [9.17, 15) is 9.59 Å². The summed E-state index contributed by atoms with van der Waals surface area (Å²) in [4.78, 5) is 37.1. The maximum atomic E-state index is 13.3. The van der Waals surface area contributed by atoms with E-state index >= 15 is 0 Å². The number of nitrogens with one attached hydrogen (secondary N) is 3. The van der Waals surface area contributed by atoms with E-state index in [4.69, 9.17) is 5.73 Å². The fraction of sp³-hybridized carbons (Fsp3) is 0.375. The number of anilines is 4. The van der Waals surface area contributed by atoms with Crippen molar-refractivity contribution < 1.29 is 9.59 Å². The molecule has 35 heavy (non-hydrogen) atoms. The Morgan fingerprint density at radius 3 is 2.51 bits per heavy atom. The summed E-state index contributed by atoms with van der Waals surface area (Å²) in [6.07, 6.45) is 4.98. The first kappa shape index (κ1) is 23.2. The van der Waals surface area contributed by atoms with Crippen LogP contribution in [0, 0.1) is 12.8 Å². The number of likely N-dealkylation sites (tertiary alicyclic amines) is 1. The van der Waals surface area contributed by atoms with Crippen LogP contribution in [0.15, 0.2) is 40.4 Å². The van der Waals surface area contributed by atoms with Crippen molar-refractivity contribution in [2.45, 2.75) is 49.1 Å². The molecule has 0 radical (unpaired) electrons. The Labute approximate surface area is 207 Å². The number of piperidine rings is 1. The number of nitrogens with two attached hydrogens (primary N) is 1. The number of nitrogens with zero attached hydrogens (tertiary/aromatic N) is 4. The van der Waals surface area contributed by atoms with E-state index < -0.39 is 0 Å². The molecule has 11 heteroatoms. The standard InChI is InChI=1S/C24H28N8O2S/c1-14-13-18(31-30-14)27-21-19(25)20(23(34)32-11-3-2-4-12-32)28-24(29-21)35-17-9-7-16(8-10-17)26-22(33)15-5-6-15/h7-10,13,15H,2-6,11-12,25H2,1H3,(H,26,33)(H2,27,28,29,30,31). The Morgan fingerprint density at radius 1 is 1.11 bits per heavy atom. The number of amides is 2. The summed E-state index contributed by atoms with van der Waals surface area (Å²) in [6, 6.07) is 9.32. The molecule has 2 aliphatic rings. The number of nitrogen functional groups attached to an aromatic ring is 1. The average molecular weight is 493 g/mol. The molecule has 1 saturated carbocycles. The molecular weight excluding hydrogens is 464 g/mol. The van der Waals surface area contributed by atoms with Gasteiger partial charge >= 0.3 is 0 Å². The van der Waals surface area contributed by atoms with Crippen molar-refractivity contribution in [3.05, 3.63) is 41.7 Å². The normalized spacial score (nSPS) is 15.6.